The monoisotopic (exact) mass is 280 g/mol. The average Bonchev–Trinajstić information content (AvgIpc) is 2.39. The van der Waals surface area contributed by atoms with Crippen LogP contribution in [0.1, 0.15) is 67.7 Å². The van der Waals surface area contributed by atoms with Crippen LogP contribution in [0.25, 0.3) is 0 Å². The summed E-state index contributed by atoms with van der Waals surface area (Å²) in [5.41, 5.74) is 8.63. The van der Waals surface area contributed by atoms with E-state index < -0.39 is 0 Å². The molecule has 0 aromatic heterocycles. The van der Waals surface area contributed by atoms with E-state index in [9.17, 15) is 0 Å². The highest BCUT2D eigenvalue weighted by Crippen LogP contribution is 2.45. The third kappa shape index (κ3) is 3.66. The van der Waals surface area contributed by atoms with E-state index in [1.165, 1.54) is 5.57 Å². The molecule has 0 spiro atoms. The molecule has 0 aromatic rings. The van der Waals surface area contributed by atoms with Gasteiger partial charge >= 0.3 is 0 Å². The van der Waals surface area contributed by atoms with Gasteiger partial charge in [-0.3, -0.25) is 0 Å². The maximum absolute atomic E-state index is 6.63. The molecule has 0 aliphatic heterocycles. The first-order valence-corrected chi connectivity index (χ1v) is 8.03. The molecule has 2 atom stereocenters. The lowest BCUT2D eigenvalue weighted by Crippen LogP contribution is -2.55. The van der Waals surface area contributed by atoms with Gasteiger partial charge in [0, 0.05) is 22.7 Å². The van der Waals surface area contributed by atoms with E-state index >= 15 is 0 Å². The Morgan fingerprint density at radius 1 is 1.05 bits per heavy atom. The molecule has 0 amide bonds. The summed E-state index contributed by atoms with van der Waals surface area (Å²) in [4.78, 5) is 0. The van der Waals surface area contributed by atoms with Crippen molar-refractivity contribution in [3.8, 4) is 0 Å². The lowest BCUT2D eigenvalue weighted by Gasteiger charge is -2.49. The van der Waals surface area contributed by atoms with Gasteiger partial charge in [0.2, 0.25) is 0 Å². The summed E-state index contributed by atoms with van der Waals surface area (Å²) in [6, 6.07) is 0.194. The van der Waals surface area contributed by atoms with Gasteiger partial charge in [-0.2, -0.15) is 0 Å². The number of nitrogens with one attached hydrogen (secondary N) is 1. The summed E-state index contributed by atoms with van der Waals surface area (Å²) in [6.07, 6.45) is 2.98. The first-order chi connectivity index (χ1) is 9.09. The van der Waals surface area contributed by atoms with Crippen molar-refractivity contribution in [1.82, 2.24) is 5.32 Å². The van der Waals surface area contributed by atoms with Crippen LogP contribution in [0, 0.1) is 11.3 Å². The first-order valence-electron chi connectivity index (χ1n) is 8.03. The Balaban J connectivity index is 5.32. The van der Waals surface area contributed by atoms with Gasteiger partial charge in [0.1, 0.15) is 0 Å². The van der Waals surface area contributed by atoms with Crippen LogP contribution in [0.4, 0.5) is 0 Å². The topological polar surface area (TPSA) is 38.0 Å². The molecule has 0 bridgehead atoms. The van der Waals surface area contributed by atoms with Crippen molar-refractivity contribution >= 4 is 0 Å². The Morgan fingerprint density at radius 3 is 1.80 bits per heavy atom. The smallest absolute Gasteiger partial charge is 0.0445 e. The second kappa shape index (κ2) is 7.31. The molecule has 0 radical (unpaired) electrons. The van der Waals surface area contributed by atoms with Crippen LogP contribution in [-0.4, -0.2) is 11.6 Å². The number of rotatable bonds is 9. The third-order valence-corrected chi connectivity index (χ3v) is 5.27. The van der Waals surface area contributed by atoms with Crippen LogP contribution >= 0.6 is 0 Å². The molecular formula is C18H36N2. The van der Waals surface area contributed by atoms with E-state index in [1.807, 2.05) is 0 Å². The SMILES string of the molecule is C=C(NC(C)C(=C)C(CC)(CC)C(C)(N)CC)C(C)C. The molecule has 0 aliphatic rings. The largest absolute Gasteiger partial charge is 0.382 e. The standard InChI is InChI=1S/C18H36N2/c1-10-17(9,19)18(11-2,12-3)14(6)16(8)20-15(7)13(4)5/h13,16,20H,6-7,10-12,19H2,1-5,8-9H3. The number of allylic oxidation sites excluding steroid dienone is 1. The van der Waals surface area contributed by atoms with E-state index in [4.69, 9.17) is 5.73 Å². The molecule has 0 fully saturated rings. The van der Waals surface area contributed by atoms with E-state index in [0.29, 0.717) is 5.92 Å². The van der Waals surface area contributed by atoms with Crippen LogP contribution < -0.4 is 11.1 Å². The highest BCUT2D eigenvalue weighted by molar-refractivity contribution is 5.24. The minimum Gasteiger partial charge on any atom is -0.382 e. The van der Waals surface area contributed by atoms with Crippen molar-refractivity contribution in [2.75, 3.05) is 0 Å². The minimum absolute atomic E-state index is 0.0363. The zero-order valence-corrected chi connectivity index (χ0v) is 14.8. The van der Waals surface area contributed by atoms with Gasteiger partial charge in [-0.15, -0.1) is 0 Å². The Bertz CT molecular complexity index is 335. The van der Waals surface area contributed by atoms with Gasteiger partial charge < -0.3 is 11.1 Å². The molecule has 2 heteroatoms. The average molecular weight is 280 g/mol. The van der Waals surface area contributed by atoms with Gasteiger partial charge in [0.25, 0.3) is 0 Å². The van der Waals surface area contributed by atoms with Crippen molar-refractivity contribution in [3.05, 3.63) is 24.4 Å². The van der Waals surface area contributed by atoms with E-state index in [1.54, 1.807) is 0 Å². The molecule has 0 rings (SSSR count). The lowest BCUT2D eigenvalue weighted by molar-refractivity contribution is 0.150. The van der Waals surface area contributed by atoms with Gasteiger partial charge in [0.15, 0.2) is 0 Å². The summed E-state index contributed by atoms with van der Waals surface area (Å²) in [5.74, 6) is 0.429. The number of hydrogen-bond donors (Lipinski definition) is 2. The van der Waals surface area contributed by atoms with Crippen LogP contribution in [0.15, 0.2) is 24.4 Å². The van der Waals surface area contributed by atoms with E-state index in [2.05, 4.69) is 66.9 Å². The predicted molar refractivity (Wildman–Crippen MR) is 91.6 cm³/mol. The molecule has 0 heterocycles. The zero-order valence-electron chi connectivity index (χ0n) is 14.8. The van der Waals surface area contributed by atoms with Crippen LogP contribution in [0.3, 0.4) is 0 Å². The summed E-state index contributed by atoms with van der Waals surface area (Å²) < 4.78 is 0. The van der Waals surface area contributed by atoms with Crippen LogP contribution in [0.2, 0.25) is 0 Å². The van der Waals surface area contributed by atoms with Crippen LogP contribution in [0.5, 0.6) is 0 Å². The second-order valence-electron chi connectivity index (χ2n) is 6.63. The highest BCUT2D eigenvalue weighted by Gasteiger charge is 2.45. The molecular weight excluding hydrogens is 244 g/mol. The number of nitrogens with two attached hydrogens (primary N) is 1. The Hall–Kier alpha value is -0.760. The van der Waals surface area contributed by atoms with Gasteiger partial charge in [-0.1, -0.05) is 47.8 Å². The van der Waals surface area contributed by atoms with E-state index in [0.717, 1.165) is 25.0 Å². The Morgan fingerprint density at radius 2 is 1.50 bits per heavy atom. The normalized spacial score (nSPS) is 16.6. The molecule has 2 unspecified atom stereocenters. The summed E-state index contributed by atoms with van der Waals surface area (Å²) in [6.45, 7) is 23.8. The molecule has 2 nitrogen and oxygen atoms in total. The zero-order chi connectivity index (χ0) is 16.1. The molecule has 0 aliphatic carbocycles. The molecule has 20 heavy (non-hydrogen) atoms. The fraction of sp³-hybridized carbons (Fsp3) is 0.778. The molecule has 0 saturated carbocycles. The summed E-state index contributed by atoms with van der Waals surface area (Å²) >= 11 is 0. The predicted octanol–water partition coefficient (Wildman–Crippen LogP) is 4.62. The Labute approximate surface area is 126 Å². The second-order valence-corrected chi connectivity index (χ2v) is 6.63. The van der Waals surface area contributed by atoms with Crippen molar-refractivity contribution < 1.29 is 0 Å². The maximum Gasteiger partial charge on any atom is 0.0445 e. The van der Waals surface area contributed by atoms with Crippen molar-refractivity contribution in [2.24, 2.45) is 17.1 Å². The number of hydrogen-bond acceptors (Lipinski definition) is 2. The fourth-order valence-corrected chi connectivity index (χ4v) is 3.16. The quantitative estimate of drug-likeness (QED) is 0.605. The molecule has 3 N–H and O–H groups in total. The lowest BCUT2D eigenvalue weighted by atomic mass is 9.60. The molecule has 0 aromatic carbocycles. The fourth-order valence-electron chi connectivity index (χ4n) is 3.16. The van der Waals surface area contributed by atoms with Crippen molar-refractivity contribution in [3.63, 3.8) is 0 Å². The molecule has 0 saturated heterocycles. The van der Waals surface area contributed by atoms with E-state index in [-0.39, 0.29) is 17.0 Å². The van der Waals surface area contributed by atoms with Crippen molar-refractivity contribution in [2.45, 2.75) is 79.3 Å². The van der Waals surface area contributed by atoms with Gasteiger partial charge in [0.05, 0.1) is 0 Å². The maximum atomic E-state index is 6.63. The minimum atomic E-state index is -0.233. The van der Waals surface area contributed by atoms with Gasteiger partial charge in [-0.25, -0.2) is 0 Å². The summed E-state index contributed by atoms with van der Waals surface area (Å²) in [5, 5.41) is 3.50. The highest BCUT2D eigenvalue weighted by atomic mass is 14.9. The van der Waals surface area contributed by atoms with Crippen LogP contribution in [-0.2, 0) is 0 Å². The third-order valence-electron chi connectivity index (χ3n) is 5.27. The molecule has 118 valence electrons. The Kier molecular flexibility index (Phi) is 7.03. The first kappa shape index (κ1) is 19.2. The van der Waals surface area contributed by atoms with Crippen molar-refractivity contribution in [1.29, 1.82) is 0 Å². The van der Waals surface area contributed by atoms with Gasteiger partial charge in [-0.05, 0) is 44.6 Å². The summed E-state index contributed by atoms with van der Waals surface area (Å²) in [7, 11) is 0.